The maximum absolute atomic E-state index is 13.6. The quantitative estimate of drug-likeness (QED) is 0.732. The van der Waals surface area contributed by atoms with E-state index in [9.17, 15) is 18.4 Å². The molecule has 0 atom stereocenters. The van der Waals surface area contributed by atoms with Crippen LogP contribution in [-0.2, 0) is 6.54 Å². The molecular formula is C19H14F2N2O3. The number of amides is 2. The fourth-order valence-electron chi connectivity index (χ4n) is 2.27. The van der Waals surface area contributed by atoms with Crippen molar-refractivity contribution in [1.29, 1.82) is 0 Å². The van der Waals surface area contributed by atoms with Crippen LogP contribution in [0.25, 0.3) is 0 Å². The number of carbonyl (C=O) groups is 2. The summed E-state index contributed by atoms with van der Waals surface area (Å²) in [5.74, 6) is -2.03. The van der Waals surface area contributed by atoms with Gasteiger partial charge in [-0.05, 0) is 42.5 Å². The van der Waals surface area contributed by atoms with Gasteiger partial charge in [-0.2, -0.15) is 0 Å². The molecule has 2 amide bonds. The number of halogens is 2. The minimum atomic E-state index is -0.884. The molecule has 0 bridgehead atoms. The number of anilines is 1. The fraction of sp³-hybridized carbons (Fsp3) is 0.0526. The van der Waals surface area contributed by atoms with Crippen LogP contribution in [-0.4, -0.2) is 11.8 Å². The summed E-state index contributed by atoms with van der Waals surface area (Å²) in [5.41, 5.74) is 0.284. The lowest BCUT2D eigenvalue weighted by Crippen LogP contribution is -2.23. The minimum Gasteiger partial charge on any atom is -0.467 e. The predicted molar refractivity (Wildman–Crippen MR) is 90.6 cm³/mol. The van der Waals surface area contributed by atoms with Crippen molar-refractivity contribution in [3.63, 3.8) is 0 Å². The summed E-state index contributed by atoms with van der Waals surface area (Å²) < 4.78 is 31.7. The molecule has 2 N–H and O–H groups in total. The largest absolute Gasteiger partial charge is 0.467 e. The van der Waals surface area contributed by atoms with Gasteiger partial charge in [0.05, 0.1) is 18.5 Å². The maximum Gasteiger partial charge on any atom is 0.255 e. The zero-order valence-electron chi connectivity index (χ0n) is 13.5. The molecular weight excluding hydrogens is 342 g/mol. The van der Waals surface area contributed by atoms with Gasteiger partial charge in [0.2, 0.25) is 0 Å². The number of benzene rings is 2. The van der Waals surface area contributed by atoms with E-state index in [-0.39, 0.29) is 29.3 Å². The van der Waals surface area contributed by atoms with Gasteiger partial charge in [0.25, 0.3) is 11.8 Å². The highest BCUT2D eigenvalue weighted by molar-refractivity contribution is 6.06. The van der Waals surface area contributed by atoms with Crippen molar-refractivity contribution in [1.82, 2.24) is 5.32 Å². The first-order valence-corrected chi connectivity index (χ1v) is 7.70. The molecule has 3 rings (SSSR count). The van der Waals surface area contributed by atoms with Crippen LogP contribution in [0.5, 0.6) is 0 Å². The Balaban J connectivity index is 1.69. The highest BCUT2D eigenvalue weighted by Crippen LogP contribution is 2.16. The Labute approximate surface area is 147 Å². The number of carbonyl (C=O) groups excluding carboxylic acids is 2. The van der Waals surface area contributed by atoms with Gasteiger partial charge < -0.3 is 15.1 Å². The summed E-state index contributed by atoms with van der Waals surface area (Å²) in [6, 6.07) is 12.2. The molecule has 0 radical (unpaired) electrons. The topological polar surface area (TPSA) is 71.3 Å². The summed E-state index contributed by atoms with van der Waals surface area (Å²) in [7, 11) is 0. The molecule has 2 aromatic carbocycles. The van der Waals surface area contributed by atoms with Gasteiger partial charge in [0, 0.05) is 17.2 Å². The summed E-state index contributed by atoms with van der Waals surface area (Å²) in [5, 5.41) is 5.01. The Morgan fingerprint density at radius 1 is 0.923 bits per heavy atom. The molecule has 5 nitrogen and oxygen atoms in total. The average molecular weight is 356 g/mol. The first kappa shape index (κ1) is 17.3. The Morgan fingerprint density at radius 2 is 1.69 bits per heavy atom. The zero-order valence-corrected chi connectivity index (χ0v) is 13.5. The van der Waals surface area contributed by atoms with Crippen molar-refractivity contribution >= 4 is 17.5 Å². The number of rotatable bonds is 5. The number of hydrogen-bond donors (Lipinski definition) is 2. The number of nitrogens with one attached hydrogen (secondary N) is 2. The van der Waals surface area contributed by atoms with E-state index in [4.69, 9.17) is 4.42 Å². The monoisotopic (exact) mass is 356 g/mol. The van der Waals surface area contributed by atoms with E-state index in [0.29, 0.717) is 11.8 Å². The van der Waals surface area contributed by atoms with Crippen molar-refractivity contribution in [3.05, 3.63) is 89.4 Å². The Morgan fingerprint density at radius 3 is 2.38 bits per heavy atom. The fourth-order valence-corrected chi connectivity index (χ4v) is 2.27. The molecule has 7 heteroatoms. The molecule has 3 aromatic rings. The van der Waals surface area contributed by atoms with E-state index in [1.54, 1.807) is 18.2 Å². The van der Waals surface area contributed by atoms with Crippen molar-refractivity contribution < 1.29 is 22.8 Å². The van der Waals surface area contributed by atoms with Crippen molar-refractivity contribution in [2.75, 3.05) is 5.32 Å². The minimum absolute atomic E-state index is 0.149. The SMILES string of the molecule is O=C(NCc1ccco1)c1cccc(C(=O)Nc2ccc(F)cc2F)c1. The Hall–Kier alpha value is -3.48. The van der Waals surface area contributed by atoms with Crippen molar-refractivity contribution in [2.24, 2.45) is 0 Å². The summed E-state index contributed by atoms with van der Waals surface area (Å²) >= 11 is 0. The van der Waals surface area contributed by atoms with E-state index in [1.807, 2.05) is 0 Å². The van der Waals surface area contributed by atoms with Crippen molar-refractivity contribution in [2.45, 2.75) is 6.54 Å². The second-order valence-corrected chi connectivity index (χ2v) is 5.42. The van der Waals surface area contributed by atoms with E-state index < -0.39 is 17.5 Å². The van der Waals surface area contributed by atoms with E-state index in [2.05, 4.69) is 10.6 Å². The normalized spacial score (nSPS) is 10.4. The van der Waals surface area contributed by atoms with Gasteiger partial charge in [-0.25, -0.2) is 8.78 Å². The highest BCUT2D eigenvalue weighted by Gasteiger charge is 2.13. The maximum atomic E-state index is 13.6. The molecule has 1 heterocycles. The molecule has 1 aromatic heterocycles. The zero-order chi connectivity index (χ0) is 18.5. The Bertz CT molecular complexity index is 940. The second-order valence-electron chi connectivity index (χ2n) is 5.42. The second kappa shape index (κ2) is 7.60. The van der Waals surface area contributed by atoms with Gasteiger partial charge in [-0.15, -0.1) is 0 Å². The molecule has 0 spiro atoms. The van der Waals surface area contributed by atoms with Crippen LogP contribution >= 0.6 is 0 Å². The Kier molecular flexibility index (Phi) is 5.07. The smallest absolute Gasteiger partial charge is 0.255 e. The first-order valence-electron chi connectivity index (χ1n) is 7.70. The lowest BCUT2D eigenvalue weighted by Gasteiger charge is -2.08. The molecule has 0 fully saturated rings. The van der Waals surface area contributed by atoms with Crippen LogP contribution in [0, 0.1) is 11.6 Å². The third kappa shape index (κ3) is 4.13. The third-order valence-electron chi connectivity index (χ3n) is 3.57. The molecule has 0 aliphatic heterocycles. The molecule has 0 saturated heterocycles. The van der Waals surface area contributed by atoms with Gasteiger partial charge in [0.1, 0.15) is 17.4 Å². The van der Waals surface area contributed by atoms with Crippen LogP contribution < -0.4 is 10.6 Å². The van der Waals surface area contributed by atoms with Gasteiger partial charge >= 0.3 is 0 Å². The van der Waals surface area contributed by atoms with Crippen LogP contribution in [0.2, 0.25) is 0 Å². The van der Waals surface area contributed by atoms with Gasteiger partial charge in [0.15, 0.2) is 0 Å². The molecule has 26 heavy (non-hydrogen) atoms. The molecule has 0 aliphatic carbocycles. The van der Waals surface area contributed by atoms with Crippen LogP contribution in [0.15, 0.2) is 65.3 Å². The van der Waals surface area contributed by atoms with Gasteiger partial charge in [-0.3, -0.25) is 9.59 Å². The van der Waals surface area contributed by atoms with E-state index >= 15 is 0 Å². The standard InChI is InChI=1S/C19H14F2N2O3/c20-14-6-7-17(16(21)10-14)23-19(25)13-4-1-3-12(9-13)18(24)22-11-15-5-2-8-26-15/h1-10H,11H2,(H,22,24)(H,23,25). The van der Waals surface area contributed by atoms with Crippen LogP contribution in [0.4, 0.5) is 14.5 Å². The molecule has 132 valence electrons. The number of furan rings is 1. The van der Waals surface area contributed by atoms with Crippen molar-refractivity contribution in [3.8, 4) is 0 Å². The van der Waals surface area contributed by atoms with E-state index in [0.717, 1.165) is 12.1 Å². The summed E-state index contributed by atoms with van der Waals surface area (Å²) in [4.78, 5) is 24.4. The average Bonchev–Trinajstić information content (AvgIpc) is 3.15. The van der Waals surface area contributed by atoms with Gasteiger partial charge in [-0.1, -0.05) is 6.07 Å². The molecule has 0 aliphatic rings. The molecule has 0 unspecified atom stereocenters. The first-order chi connectivity index (χ1) is 12.5. The van der Waals surface area contributed by atoms with Crippen LogP contribution in [0.3, 0.4) is 0 Å². The lowest BCUT2D eigenvalue weighted by molar-refractivity contribution is 0.0948. The summed E-state index contributed by atoms with van der Waals surface area (Å²) in [6.45, 7) is 0.211. The van der Waals surface area contributed by atoms with E-state index in [1.165, 1.54) is 24.5 Å². The molecule has 0 saturated carbocycles. The number of hydrogen-bond acceptors (Lipinski definition) is 3. The third-order valence-corrected chi connectivity index (χ3v) is 3.57. The lowest BCUT2D eigenvalue weighted by atomic mass is 10.1. The van der Waals surface area contributed by atoms with Crippen LogP contribution in [0.1, 0.15) is 26.5 Å². The predicted octanol–water partition coefficient (Wildman–Crippen LogP) is 3.74. The highest BCUT2D eigenvalue weighted by atomic mass is 19.1. The summed E-state index contributed by atoms with van der Waals surface area (Å²) in [6.07, 6.45) is 1.50.